The van der Waals surface area contributed by atoms with Crippen LogP contribution in [-0.4, -0.2) is 34.6 Å². The molecule has 0 radical (unpaired) electrons. The number of ether oxygens (including phenoxy) is 2. The molecule has 0 aliphatic heterocycles. The van der Waals surface area contributed by atoms with Crippen LogP contribution in [0.1, 0.15) is 44.7 Å². The van der Waals surface area contributed by atoms with E-state index in [0.717, 1.165) is 39.7 Å². The maximum Gasteiger partial charge on any atom is 0.341 e. The number of aryl methyl sites for hydroxylation is 1. The lowest BCUT2D eigenvalue weighted by molar-refractivity contribution is 0.0528. The summed E-state index contributed by atoms with van der Waals surface area (Å²) >= 11 is 7.13. The fourth-order valence-electron chi connectivity index (χ4n) is 4.00. The van der Waals surface area contributed by atoms with Gasteiger partial charge in [-0.05, 0) is 62.3 Å². The summed E-state index contributed by atoms with van der Waals surface area (Å²) in [6.07, 6.45) is 0.717. The van der Waals surface area contributed by atoms with E-state index in [1.807, 2.05) is 67.1 Å². The minimum atomic E-state index is -0.373. The number of esters is 1. The highest BCUT2D eigenvalue weighted by molar-refractivity contribution is 7.80. The summed E-state index contributed by atoms with van der Waals surface area (Å²) in [5, 5.41) is 12.2. The van der Waals surface area contributed by atoms with Crippen molar-refractivity contribution in [2.75, 3.05) is 24.4 Å². The Hall–Kier alpha value is -3.69. The summed E-state index contributed by atoms with van der Waals surface area (Å²) in [6, 6.07) is 19.9. The maximum absolute atomic E-state index is 12.7. The Balaban J connectivity index is 1.51. The minimum absolute atomic E-state index is 0.301. The second-order valence-electron chi connectivity index (χ2n) is 8.47. The lowest BCUT2D eigenvalue weighted by Gasteiger charge is -2.11. The molecule has 0 aliphatic carbocycles. The predicted molar refractivity (Wildman–Crippen MR) is 153 cm³/mol. The van der Waals surface area contributed by atoms with E-state index in [1.165, 1.54) is 16.9 Å². The van der Waals surface area contributed by atoms with Crippen molar-refractivity contribution in [3.8, 4) is 5.75 Å². The number of benzene rings is 2. The Morgan fingerprint density at radius 2 is 1.81 bits per heavy atom. The number of carbonyl (C=O) groups is 1. The van der Waals surface area contributed by atoms with Gasteiger partial charge in [-0.25, -0.2) is 4.79 Å². The molecular formula is C28H30N4O3S2. The van der Waals surface area contributed by atoms with E-state index in [9.17, 15) is 4.79 Å². The predicted octanol–water partition coefficient (Wildman–Crippen LogP) is 6.19. The van der Waals surface area contributed by atoms with Crippen molar-refractivity contribution in [2.45, 2.75) is 33.7 Å². The molecule has 2 heterocycles. The molecule has 7 nitrogen and oxygen atoms in total. The zero-order valence-corrected chi connectivity index (χ0v) is 23.0. The number of nitrogens with one attached hydrogen (secondary N) is 2. The molecule has 0 amide bonds. The summed E-state index contributed by atoms with van der Waals surface area (Å²) in [6.45, 7) is 6.64. The Morgan fingerprint density at radius 3 is 2.54 bits per heavy atom. The summed E-state index contributed by atoms with van der Waals surface area (Å²) in [7, 11) is 1.66. The number of hydrogen-bond acceptors (Lipinski definition) is 6. The van der Waals surface area contributed by atoms with Crippen molar-refractivity contribution in [2.24, 2.45) is 0 Å². The van der Waals surface area contributed by atoms with Gasteiger partial charge in [0, 0.05) is 11.3 Å². The highest BCUT2D eigenvalue weighted by atomic mass is 32.1. The molecule has 0 saturated carbocycles. The lowest BCUT2D eigenvalue weighted by atomic mass is 10.1. The maximum atomic E-state index is 12.7. The Labute approximate surface area is 226 Å². The summed E-state index contributed by atoms with van der Waals surface area (Å²) in [5.74, 6) is 0.435. The van der Waals surface area contributed by atoms with Gasteiger partial charge in [-0.1, -0.05) is 42.5 Å². The first kappa shape index (κ1) is 26.4. The summed E-state index contributed by atoms with van der Waals surface area (Å²) in [5.41, 5.74) is 5.34. The monoisotopic (exact) mass is 534 g/mol. The molecule has 0 aliphatic rings. The molecule has 9 heteroatoms. The van der Waals surface area contributed by atoms with Gasteiger partial charge >= 0.3 is 5.97 Å². The van der Waals surface area contributed by atoms with E-state index < -0.39 is 0 Å². The topological polar surface area (TPSA) is 77.4 Å². The van der Waals surface area contributed by atoms with E-state index >= 15 is 0 Å². The number of nitrogens with zero attached hydrogens (tertiary/aromatic N) is 2. The number of methoxy groups -OCH3 is 1. The molecule has 0 bridgehead atoms. The van der Waals surface area contributed by atoms with Gasteiger partial charge < -0.3 is 20.1 Å². The average Bonchev–Trinajstić information content (AvgIpc) is 3.40. The first-order valence-corrected chi connectivity index (χ1v) is 13.2. The molecule has 4 rings (SSSR count). The van der Waals surface area contributed by atoms with Crippen molar-refractivity contribution < 1.29 is 14.3 Å². The lowest BCUT2D eigenvalue weighted by Crippen LogP contribution is -2.21. The Kier molecular flexibility index (Phi) is 8.58. The number of thiophene rings is 1. The van der Waals surface area contributed by atoms with Crippen LogP contribution in [-0.2, 0) is 17.7 Å². The van der Waals surface area contributed by atoms with E-state index in [1.54, 1.807) is 14.0 Å². The molecule has 4 aromatic rings. The molecule has 0 saturated heterocycles. The SMILES string of the molecule is CCOC(=O)c1cc(Cc2ccccc2)sc1NC(=S)Nc1c(C)nn(Cc2cccc(OC)c2)c1C. The van der Waals surface area contributed by atoms with Gasteiger partial charge in [-0.3, -0.25) is 4.68 Å². The Bertz CT molecular complexity index is 1400. The normalized spacial score (nSPS) is 10.7. The number of rotatable bonds is 9. The van der Waals surface area contributed by atoms with Crippen LogP contribution in [0.15, 0.2) is 60.7 Å². The second kappa shape index (κ2) is 12.0. The van der Waals surface area contributed by atoms with Gasteiger partial charge in [0.25, 0.3) is 0 Å². The van der Waals surface area contributed by atoms with Crippen LogP contribution < -0.4 is 15.4 Å². The van der Waals surface area contributed by atoms with Crippen molar-refractivity contribution in [1.82, 2.24) is 9.78 Å². The van der Waals surface area contributed by atoms with Gasteiger partial charge in [-0.2, -0.15) is 5.10 Å². The summed E-state index contributed by atoms with van der Waals surface area (Å²) in [4.78, 5) is 13.7. The van der Waals surface area contributed by atoms with E-state index in [0.29, 0.717) is 28.8 Å². The average molecular weight is 535 g/mol. The van der Waals surface area contributed by atoms with Gasteiger partial charge in [0.15, 0.2) is 5.11 Å². The molecular weight excluding hydrogens is 504 g/mol. The molecule has 0 spiro atoms. The van der Waals surface area contributed by atoms with Crippen LogP contribution in [0, 0.1) is 13.8 Å². The van der Waals surface area contributed by atoms with Gasteiger partial charge in [0.2, 0.25) is 0 Å². The smallest absolute Gasteiger partial charge is 0.341 e. The number of hydrogen-bond donors (Lipinski definition) is 2. The Morgan fingerprint density at radius 1 is 1.05 bits per heavy atom. The quantitative estimate of drug-likeness (QED) is 0.196. The largest absolute Gasteiger partial charge is 0.497 e. The fraction of sp³-hybridized carbons (Fsp3) is 0.250. The molecule has 0 unspecified atom stereocenters. The number of thiocarbonyl (C=S) groups is 1. The van der Waals surface area contributed by atoms with E-state index in [4.69, 9.17) is 26.8 Å². The molecule has 2 N–H and O–H groups in total. The standard InChI is InChI=1S/C28H30N4O3S2/c1-5-35-27(33)24-16-23(15-20-10-7-6-8-11-20)37-26(24)30-28(36)29-25-18(2)31-32(19(25)3)17-21-12-9-13-22(14-21)34-4/h6-14,16H,5,15,17H2,1-4H3,(H2,29,30,36). The number of aromatic nitrogens is 2. The third-order valence-electron chi connectivity index (χ3n) is 5.81. The van der Waals surface area contributed by atoms with Gasteiger partial charge in [0.1, 0.15) is 10.8 Å². The minimum Gasteiger partial charge on any atom is -0.497 e. The number of carbonyl (C=O) groups excluding carboxylic acids is 1. The molecule has 2 aromatic carbocycles. The molecule has 0 atom stereocenters. The molecule has 0 fully saturated rings. The van der Waals surface area contributed by atoms with Crippen molar-refractivity contribution in [1.29, 1.82) is 0 Å². The highest BCUT2D eigenvalue weighted by Crippen LogP contribution is 2.31. The second-order valence-corrected chi connectivity index (χ2v) is 10.0. The molecule has 192 valence electrons. The van der Waals surface area contributed by atoms with E-state index in [2.05, 4.69) is 22.8 Å². The molecule has 37 heavy (non-hydrogen) atoms. The van der Waals surface area contributed by atoms with Crippen LogP contribution in [0.4, 0.5) is 10.7 Å². The zero-order chi connectivity index (χ0) is 26.4. The van der Waals surface area contributed by atoms with Gasteiger partial charge in [-0.15, -0.1) is 11.3 Å². The third kappa shape index (κ3) is 6.55. The van der Waals surface area contributed by atoms with Crippen LogP contribution in [0.25, 0.3) is 0 Å². The highest BCUT2D eigenvalue weighted by Gasteiger charge is 2.20. The van der Waals surface area contributed by atoms with Crippen LogP contribution in [0.3, 0.4) is 0 Å². The summed E-state index contributed by atoms with van der Waals surface area (Å²) < 4.78 is 12.6. The first-order valence-electron chi connectivity index (χ1n) is 12.0. The van der Waals surface area contributed by atoms with Gasteiger partial charge in [0.05, 0.1) is 42.9 Å². The van der Waals surface area contributed by atoms with Crippen LogP contribution in [0.5, 0.6) is 5.75 Å². The van der Waals surface area contributed by atoms with Crippen molar-refractivity contribution >= 4 is 45.3 Å². The van der Waals surface area contributed by atoms with Crippen molar-refractivity contribution in [3.05, 3.63) is 93.6 Å². The van der Waals surface area contributed by atoms with Crippen LogP contribution >= 0.6 is 23.6 Å². The first-order chi connectivity index (χ1) is 17.9. The molecule has 2 aromatic heterocycles. The fourth-order valence-corrected chi connectivity index (χ4v) is 5.35. The zero-order valence-electron chi connectivity index (χ0n) is 21.3. The third-order valence-corrected chi connectivity index (χ3v) is 7.07. The van der Waals surface area contributed by atoms with E-state index in [-0.39, 0.29) is 5.97 Å². The van der Waals surface area contributed by atoms with Crippen LogP contribution in [0.2, 0.25) is 0 Å². The number of anilines is 2. The van der Waals surface area contributed by atoms with Crippen molar-refractivity contribution in [3.63, 3.8) is 0 Å².